The second-order valence-corrected chi connectivity index (χ2v) is 7.82. The van der Waals surface area contributed by atoms with Crippen LogP contribution in [0.15, 0.2) is 42.5 Å². The fraction of sp³-hybridized carbons (Fsp3) is 0.440. The molecule has 0 fully saturated rings. The Morgan fingerprint density at radius 1 is 0.967 bits per heavy atom. The van der Waals surface area contributed by atoms with E-state index >= 15 is 0 Å². The highest BCUT2D eigenvalue weighted by molar-refractivity contribution is 5.76. The van der Waals surface area contributed by atoms with Gasteiger partial charge in [-0.25, -0.2) is 4.39 Å². The van der Waals surface area contributed by atoms with Gasteiger partial charge in [-0.05, 0) is 41.7 Å². The molecule has 0 aliphatic heterocycles. The second kappa shape index (κ2) is 12.1. The number of aliphatic carboxylic acids is 1. The molecule has 0 aromatic heterocycles. The average Bonchev–Trinajstić information content (AvgIpc) is 2.72. The van der Waals surface area contributed by atoms with E-state index in [4.69, 9.17) is 5.11 Å². The molecule has 2 aromatic rings. The summed E-state index contributed by atoms with van der Waals surface area (Å²) in [4.78, 5) is 24.8. The minimum Gasteiger partial charge on any atom is -0.481 e. The van der Waals surface area contributed by atoms with Crippen molar-refractivity contribution in [2.45, 2.75) is 64.8 Å². The molecule has 0 saturated carbocycles. The number of halogens is 1. The molecule has 0 spiro atoms. The van der Waals surface area contributed by atoms with E-state index in [0.717, 1.165) is 24.0 Å². The predicted octanol–water partition coefficient (Wildman–Crippen LogP) is 5.83. The summed E-state index contributed by atoms with van der Waals surface area (Å²) in [6, 6.07) is 12.4. The van der Waals surface area contributed by atoms with Crippen molar-refractivity contribution in [3.8, 4) is 11.1 Å². The summed E-state index contributed by atoms with van der Waals surface area (Å²) in [5.41, 5.74) is 2.83. The van der Waals surface area contributed by atoms with Crippen LogP contribution in [-0.4, -0.2) is 28.9 Å². The van der Waals surface area contributed by atoms with E-state index in [2.05, 4.69) is 6.92 Å². The van der Waals surface area contributed by atoms with Crippen molar-refractivity contribution < 1.29 is 19.1 Å². The summed E-state index contributed by atoms with van der Waals surface area (Å²) in [6.07, 6.45) is 6.44. The molecule has 5 heteroatoms. The van der Waals surface area contributed by atoms with Gasteiger partial charge in [-0.15, -0.1) is 0 Å². The summed E-state index contributed by atoms with van der Waals surface area (Å²) in [7, 11) is 1.80. The number of unbranched alkanes of at least 4 members (excludes halogenated alkanes) is 4. The molecule has 1 amide bonds. The zero-order chi connectivity index (χ0) is 21.9. The van der Waals surface area contributed by atoms with Gasteiger partial charge >= 0.3 is 5.97 Å². The highest BCUT2D eigenvalue weighted by Gasteiger charge is 2.11. The van der Waals surface area contributed by atoms with E-state index in [-0.39, 0.29) is 18.1 Å². The fourth-order valence-electron chi connectivity index (χ4n) is 3.47. The quantitative estimate of drug-likeness (QED) is 0.446. The van der Waals surface area contributed by atoms with Gasteiger partial charge in [0.2, 0.25) is 5.91 Å². The lowest BCUT2D eigenvalue weighted by atomic mass is 9.99. The van der Waals surface area contributed by atoms with Crippen molar-refractivity contribution in [2.75, 3.05) is 7.05 Å². The molecule has 162 valence electrons. The molecule has 2 rings (SSSR count). The van der Waals surface area contributed by atoms with Gasteiger partial charge in [-0.2, -0.15) is 0 Å². The van der Waals surface area contributed by atoms with Gasteiger partial charge in [-0.3, -0.25) is 9.59 Å². The minimum atomic E-state index is -0.896. The first-order valence-electron chi connectivity index (χ1n) is 10.7. The monoisotopic (exact) mass is 413 g/mol. The van der Waals surface area contributed by atoms with E-state index < -0.39 is 5.97 Å². The first-order valence-corrected chi connectivity index (χ1v) is 10.7. The van der Waals surface area contributed by atoms with Gasteiger partial charge in [0.25, 0.3) is 0 Å². The zero-order valence-electron chi connectivity index (χ0n) is 18.0. The Morgan fingerprint density at radius 2 is 1.73 bits per heavy atom. The number of hydrogen-bond donors (Lipinski definition) is 1. The summed E-state index contributed by atoms with van der Waals surface area (Å²) < 4.78 is 14.6. The molecule has 0 aliphatic rings. The molecule has 0 bridgehead atoms. The summed E-state index contributed by atoms with van der Waals surface area (Å²) >= 11 is 0. The Balaban J connectivity index is 1.98. The maximum Gasteiger partial charge on any atom is 0.303 e. The second-order valence-electron chi connectivity index (χ2n) is 7.82. The molecule has 0 unspecified atom stereocenters. The van der Waals surface area contributed by atoms with Crippen LogP contribution in [0.25, 0.3) is 11.1 Å². The summed E-state index contributed by atoms with van der Waals surface area (Å²) in [5.74, 6) is -1.13. The van der Waals surface area contributed by atoms with E-state index in [1.165, 1.54) is 25.3 Å². The molecule has 30 heavy (non-hydrogen) atoms. The normalized spacial score (nSPS) is 10.8. The van der Waals surface area contributed by atoms with Crippen LogP contribution >= 0.6 is 0 Å². The van der Waals surface area contributed by atoms with Crippen LogP contribution < -0.4 is 0 Å². The molecule has 0 saturated heterocycles. The topological polar surface area (TPSA) is 57.6 Å². The van der Waals surface area contributed by atoms with E-state index in [1.54, 1.807) is 24.1 Å². The molecule has 4 nitrogen and oxygen atoms in total. The Hall–Kier alpha value is -2.69. The van der Waals surface area contributed by atoms with Crippen LogP contribution in [0.3, 0.4) is 0 Å². The molecule has 0 heterocycles. The Kier molecular flexibility index (Phi) is 9.52. The smallest absolute Gasteiger partial charge is 0.303 e. The third-order valence-electron chi connectivity index (χ3n) is 5.24. The van der Waals surface area contributed by atoms with Crippen LogP contribution in [0.5, 0.6) is 0 Å². The van der Waals surface area contributed by atoms with Crippen molar-refractivity contribution in [3.05, 3.63) is 59.4 Å². The van der Waals surface area contributed by atoms with Crippen molar-refractivity contribution in [2.24, 2.45) is 0 Å². The number of hydrogen-bond acceptors (Lipinski definition) is 2. The average molecular weight is 414 g/mol. The largest absolute Gasteiger partial charge is 0.481 e. The zero-order valence-corrected chi connectivity index (χ0v) is 18.0. The molecule has 0 atom stereocenters. The lowest BCUT2D eigenvalue weighted by Crippen LogP contribution is -2.25. The third kappa shape index (κ3) is 7.62. The number of carbonyl (C=O) groups excluding carboxylic acids is 1. The lowest BCUT2D eigenvalue weighted by Gasteiger charge is -2.18. The van der Waals surface area contributed by atoms with Gasteiger partial charge in [0.05, 0.1) is 0 Å². The van der Waals surface area contributed by atoms with Crippen LogP contribution in [0, 0.1) is 5.82 Å². The number of amides is 1. The van der Waals surface area contributed by atoms with Crippen molar-refractivity contribution in [3.63, 3.8) is 0 Å². The number of carbonyl (C=O) groups is 2. The number of carboxylic acid groups (broad SMARTS) is 1. The van der Waals surface area contributed by atoms with E-state index in [1.807, 2.05) is 24.3 Å². The SMILES string of the molecule is CCCCCCCC(=O)N(C)Cc1cccc(-c2ccc(CCC(=O)O)cc2F)c1. The predicted molar refractivity (Wildman–Crippen MR) is 118 cm³/mol. The van der Waals surface area contributed by atoms with Crippen molar-refractivity contribution >= 4 is 11.9 Å². The van der Waals surface area contributed by atoms with Crippen LogP contribution in [0.4, 0.5) is 4.39 Å². The number of rotatable bonds is 12. The Morgan fingerprint density at radius 3 is 2.43 bits per heavy atom. The molecule has 0 radical (unpaired) electrons. The lowest BCUT2D eigenvalue weighted by molar-refractivity contribution is -0.137. The minimum absolute atomic E-state index is 0.0206. The summed E-state index contributed by atoms with van der Waals surface area (Å²) in [6.45, 7) is 2.66. The standard InChI is InChI=1S/C25H32FNO3/c1-3-4-5-6-7-11-24(28)27(2)18-20-9-8-10-21(16-20)22-14-12-19(17-23(22)26)13-15-25(29)30/h8-10,12,14,16-17H,3-7,11,13,15,18H2,1-2H3,(H,29,30). The van der Waals surface area contributed by atoms with Crippen molar-refractivity contribution in [1.82, 2.24) is 4.90 Å². The highest BCUT2D eigenvalue weighted by Crippen LogP contribution is 2.25. The van der Waals surface area contributed by atoms with E-state index in [0.29, 0.717) is 30.5 Å². The van der Waals surface area contributed by atoms with Gasteiger partial charge in [0.15, 0.2) is 0 Å². The fourth-order valence-corrected chi connectivity index (χ4v) is 3.47. The maximum absolute atomic E-state index is 14.6. The Labute approximate surface area is 178 Å². The third-order valence-corrected chi connectivity index (χ3v) is 5.24. The highest BCUT2D eigenvalue weighted by atomic mass is 19.1. The maximum atomic E-state index is 14.6. The molecule has 2 aromatic carbocycles. The first kappa shape index (κ1) is 23.6. The van der Waals surface area contributed by atoms with Gasteiger partial charge < -0.3 is 10.0 Å². The van der Waals surface area contributed by atoms with Gasteiger partial charge in [0, 0.05) is 32.0 Å². The first-order chi connectivity index (χ1) is 14.4. The molecule has 0 aliphatic carbocycles. The van der Waals surface area contributed by atoms with Crippen LogP contribution in [0.1, 0.15) is 63.0 Å². The number of benzene rings is 2. The molecule has 1 N–H and O–H groups in total. The number of carboxylic acids is 1. The number of nitrogens with zero attached hydrogens (tertiary/aromatic N) is 1. The molecular weight excluding hydrogens is 381 g/mol. The van der Waals surface area contributed by atoms with Crippen LogP contribution in [-0.2, 0) is 22.6 Å². The van der Waals surface area contributed by atoms with Crippen molar-refractivity contribution in [1.29, 1.82) is 0 Å². The van der Waals surface area contributed by atoms with Crippen LogP contribution in [0.2, 0.25) is 0 Å². The Bertz CT molecular complexity index is 850. The summed E-state index contributed by atoms with van der Waals surface area (Å²) in [5, 5.41) is 8.78. The van der Waals surface area contributed by atoms with Gasteiger partial charge in [-0.1, -0.05) is 62.9 Å². The van der Waals surface area contributed by atoms with E-state index in [9.17, 15) is 14.0 Å². The number of aryl methyl sites for hydroxylation is 1. The van der Waals surface area contributed by atoms with Gasteiger partial charge in [0.1, 0.15) is 5.82 Å². The molecular formula is C25H32FNO3.